The molecule has 1 rings (SSSR count). The lowest BCUT2D eigenvalue weighted by atomic mass is 9.94. The Morgan fingerprint density at radius 2 is 1.83 bits per heavy atom. The van der Waals surface area contributed by atoms with Crippen LogP contribution in [0.25, 0.3) is 0 Å². The first kappa shape index (κ1) is 15.4. The van der Waals surface area contributed by atoms with Crippen LogP contribution in [0.15, 0.2) is 0 Å². The maximum absolute atomic E-state index is 11.8. The summed E-state index contributed by atoms with van der Waals surface area (Å²) in [7, 11) is 0. The van der Waals surface area contributed by atoms with E-state index in [0.29, 0.717) is 26.2 Å². The van der Waals surface area contributed by atoms with Gasteiger partial charge in [-0.2, -0.15) is 0 Å². The number of hydrogen-bond donors (Lipinski definition) is 2. The number of ether oxygens (including phenoxy) is 2. The van der Waals surface area contributed by atoms with E-state index in [-0.39, 0.29) is 17.7 Å². The molecule has 0 aromatic heterocycles. The van der Waals surface area contributed by atoms with Crippen molar-refractivity contribution in [1.29, 1.82) is 0 Å². The van der Waals surface area contributed by atoms with Crippen molar-refractivity contribution < 1.29 is 14.3 Å². The second kappa shape index (κ2) is 7.71. The van der Waals surface area contributed by atoms with Gasteiger partial charge in [-0.15, -0.1) is 0 Å². The lowest BCUT2D eigenvalue weighted by Crippen LogP contribution is -2.44. The highest BCUT2D eigenvalue weighted by atomic mass is 16.7. The monoisotopic (exact) mass is 258 g/mol. The van der Waals surface area contributed by atoms with Crippen LogP contribution in [0.3, 0.4) is 0 Å². The number of nitrogens with one attached hydrogen (secondary N) is 1. The van der Waals surface area contributed by atoms with Crippen LogP contribution < -0.4 is 11.1 Å². The fourth-order valence-corrected chi connectivity index (χ4v) is 2.37. The molecule has 106 valence electrons. The second-order valence-electron chi connectivity index (χ2n) is 4.89. The lowest BCUT2D eigenvalue weighted by Gasteiger charge is -2.23. The first-order valence-corrected chi connectivity index (χ1v) is 6.88. The summed E-state index contributed by atoms with van der Waals surface area (Å²) in [6, 6.07) is 0. The van der Waals surface area contributed by atoms with Crippen molar-refractivity contribution in [2.45, 2.75) is 57.8 Å². The molecule has 0 saturated heterocycles. The Morgan fingerprint density at radius 1 is 1.28 bits per heavy atom. The second-order valence-corrected chi connectivity index (χ2v) is 4.89. The summed E-state index contributed by atoms with van der Waals surface area (Å²) in [6.07, 6.45) is 4.19. The molecule has 0 spiro atoms. The van der Waals surface area contributed by atoms with Gasteiger partial charge in [0, 0.05) is 25.2 Å². The van der Waals surface area contributed by atoms with Crippen molar-refractivity contribution in [2.24, 2.45) is 5.73 Å². The summed E-state index contributed by atoms with van der Waals surface area (Å²) in [5, 5.41) is 2.84. The molecule has 3 N–H and O–H groups in total. The molecular weight excluding hydrogens is 232 g/mol. The maximum atomic E-state index is 11.8. The summed E-state index contributed by atoms with van der Waals surface area (Å²) >= 11 is 0. The molecule has 0 unspecified atom stereocenters. The molecule has 0 heterocycles. The van der Waals surface area contributed by atoms with E-state index in [0.717, 1.165) is 25.7 Å². The van der Waals surface area contributed by atoms with Crippen molar-refractivity contribution in [3.8, 4) is 0 Å². The van der Waals surface area contributed by atoms with E-state index < -0.39 is 0 Å². The minimum atomic E-state index is -0.360. The van der Waals surface area contributed by atoms with Crippen molar-refractivity contribution >= 4 is 5.91 Å². The first-order valence-electron chi connectivity index (χ1n) is 6.88. The van der Waals surface area contributed by atoms with E-state index in [9.17, 15) is 4.79 Å². The van der Waals surface area contributed by atoms with Crippen LogP contribution in [-0.2, 0) is 14.3 Å². The van der Waals surface area contributed by atoms with Gasteiger partial charge in [0.15, 0.2) is 6.29 Å². The smallest absolute Gasteiger partial charge is 0.222 e. The third-order valence-corrected chi connectivity index (χ3v) is 3.28. The van der Waals surface area contributed by atoms with Gasteiger partial charge in [0.25, 0.3) is 0 Å². The van der Waals surface area contributed by atoms with Crippen molar-refractivity contribution in [3.05, 3.63) is 0 Å². The standard InChI is InChI=1S/C13H26N2O3/c1-3-17-12(18-4-2)10-15-11(16)9-13(14)7-5-6-8-13/h12H,3-10,14H2,1-2H3,(H,15,16). The number of nitrogens with two attached hydrogens (primary N) is 1. The van der Waals surface area contributed by atoms with Crippen LogP contribution in [0.2, 0.25) is 0 Å². The van der Waals surface area contributed by atoms with E-state index in [2.05, 4.69) is 5.32 Å². The predicted octanol–water partition coefficient (Wildman–Crippen LogP) is 1.16. The quantitative estimate of drug-likeness (QED) is 0.641. The van der Waals surface area contributed by atoms with Gasteiger partial charge in [-0.1, -0.05) is 12.8 Å². The van der Waals surface area contributed by atoms with Gasteiger partial charge in [0.1, 0.15) is 0 Å². The molecule has 5 nitrogen and oxygen atoms in total. The van der Waals surface area contributed by atoms with Gasteiger partial charge < -0.3 is 20.5 Å². The maximum Gasteiger partial charge on any atom is 0.222 e. The van der Waals surface area contributed by atoms with Gasteiger partial charge in [0.2, 0.25) is 5.91 Å². The van der Waals surface area contributed by atoms with Crippen LogP contribution in [0.4, 0.5) is 0 Å². The molecule has 1 aliphatic carbocycles. The SMILES string of the molecule is CCOC(CNC(=O)CC1(N)CCCC1)OCC. The molecule has 5 heteroatoms. The van der Waals surface area contributed by atoms with Gasteiger partial charge in [-0.05, 0) is 26.7 Å². The normalized spacial score (nSPS) is 18.2. The third-order valence-electron chi connectivity index (χ3n) is 3.28. The lowest BCUT2D eigenvalue weighted by molar-refractivity contribution is -0.141. The van der Waals surface area contributed by atoms with Crippen LogP contribution in [-0.4, -0.2) is 37.5 Å². The molecule has 1 saturated carbocycles. The zero-order valence-corrected chi connectivity index (χ0v) is 11.5. The predicted molar refractivity (Wildman–Crippen MR) is 70.1 cm³/mol. The molecular formula is C13H26N2O3. The molecule has 18 heavy (non-hydrogen) atoms. The summed E-state index contributed by atoms with van der Waals surface area (Å²) in [6.45, 7) is 5.34. The molecule has 1 fully saturated rings. The Morgan fingerprint density at radius 3 is 2.33 bits per heavy atom. The fraction of sp³-hybridized carbons (Fsp3) is 0.923. The number of carbonyl (C=O) groups is 1. The zero-order valence-electron chi connectivity index (χ0n) is 11.5. The average molecular weight is 258 g/mol. The zero-order chi connectivity index (χ0) is 13.4. The number of hydrogen-bond acceptors (Lipinski definition) is 4. The van der Waals surface area contributed by atoms with E-state index in [1.165, 1.54) is 0 Å². The Hall–Kier alpha value is -0.650. The molecule has 1 aliphatic rings. The summed E-state index contributed by atoms with van der Waals surface area (Å²) < 4.78 is 10.7. The van der Waals surface area contributed by atoms with Crippen molar-refractivity contribution in [2.75, 3.05) is 19.8 Å². The summed E-state index contributed by atoms with van der Waals surface area (Å²) in [5.74, 6) is -0.0104. The van der Waals surface area contributed by atoms with E-state index in [1.54, 1.807) is 0 Å². The number of amides is 1. The van der Waals surface area contributed by atoms with Crippen LogP contribution in [0.1, 0.15) is 46.0 Å². The summed E-state index contributed by atoms with van der Waals surface area (Å²) in [4.78, 5) is 11.8. The minimum absolute atomic E-state index is 0.0104. The third kappa shape index (κ3) is 5.33. The molecule has 0 aliphatic heterocycles. The Bertz CT molecular complexity index is 247. The Kier molecular flexibility index (Phi) is 6.60. The number of rotatable bonds is 8. The Balaban J connectivity index is 2.26. The van der Waals surface area contributed by atoms with Gasteiger partial charge in [0.05, 0.1) is 6.54 Å². The summed E-state index contributed by atoms with van der Waals surface area (Å²) in [5.41, 5.74) is 5.87. The molecule has 1 amide bonds. The van der Waals surface area contributed by atoms with E-state index in [4.69, 9.17) is 15.2 Å². The van der Waals surface area contributed by atoms with Crippen LogP contribution in [0, 0.1) is 0 Å². The highest BCUT2D eigenvalue weighted by molar-refractivity contribution is 5.77. The minimum Gasteiger partial charge on any atom is -0.351 e. The highest BCUT2D eigenvalue weighted by Crippen LogP contribution is 2.29. The van der Waals surface area contributed by atoms with E-state index in [1.807, 2.05) is 13.8 Å². The molecule has 0 aromatic carbocycles. The largest absolute Gasteiger partial charge is 0.351 e. The topological polar surface area (TPSA) is 73.6 Å². The number of carbonyl (C=O) groups excluding carboxylic acids is 1. The van der Waals surface area contributed by atoms with E-state index >= 15 is 0 Å². The van der Waals surface area contributed by atoms with Crippen molar-refractivity contribution in [3.63, 3.8) is 0 Å². The molecule has 0 bridgehead atoms. The molecule has 0 radical (unpaired) electrons. The van der Waals surface area contributed by atoms with Crippen LogP contribution in [0.5, 0.6) is 0 Å². The molecule has 0 atom stereocenters. The average Bonchev–Trinajstić information content (AvgIpc) is 2.73. The van der Waals surface area contributed by atoms with Gasteiger partial charge >= 0.3 is 0 Å². The Labute approximate surface area is 109 Å². The van der Waals surface area contributed by atoms with Crippen LogP contribution >= 0.6 is 0 Å². The highest BCUT2D eigenvalue weighted by Gasteiger charge is 2.31. The fourth-order valence-electron chi connectivity index (χ4n) is 2.37. The first-order chi connectivity index (χ1) is 8.59. The van der Waals surface area contributed by atoms with Gasteiger partial charge in [-0.25, -0.2) is 0 Å². The molecule has 0 aromatic rings. The van der Waals surface area contributed by atoms with Crippen molar-refractivity contribution in [1.82, 2.24) is 5.32 Å². The van der Waals surface area contributed by atoms with Gasteiger partial charge in [-0.3, -0.25) is 4.79 Å².